The first-order valence-corrected chi connectivity index (χ1v) is 5.47. The van der Waals surface area contributed by atoms with Crippen LogP contribution in [0.5, 0.6) is 0 Å². The molecule has 82 valence electrons. The van der Waals surface area contributed by atoms with Gasteiger partial charge in [0.25, 0.3) is 0 Å². The van der Waals surface area contributed by atoms with Gasteiger partial charge in [-0.15, -0.1) is 0 Å². The molecule has 0 aliphatic rings. The fourth-order valence-corrected chi connectivity index (χ4v) is 1.29. The van der Waals surface area contributed by atoms with Crippen molar-refractivity contribution in [2.24, 2.45) is 0 Å². The van der Waals surface area contributed by atoms with Crippen molar-refractivity contribution in [3.63, 3.8) is 0 Å². The van der Waals surface area contributed by atoms with Gasteiger partial charge in [0.2, 0.25) is 0 Å². The Bertz CT molecular complexity index is 221. The number of nitrogens with zero attached hydrogens (tertiary/aromatic N) is 1. The summed E-state index contributed by atoms with van der Waals surface area (Å²) in [5.41, 5.74) is 4.40. The van der Waals surface area contributed by atoms with Gasteiger partial charge >= 0.3 is 0 Å². The highest BCUT2D eigenvalue weighted by Gasteiger charge is 1.97. The lowest BCUT2D eigenvalue weighted by Gasteiger charge is -2.09. The van der Waals surface area contributed by atoms with E-state index < -0.39 is 0 Å². The van der Waals surface area contributed by atoms with Crippen LogP contribution in [0, 0.1) is 0 Å². The van der Waals surface area contributed by atoms with Crippen molar-refractivity contribution < 1.29 is 0 Å². The number of hydrogen-bond acceptors (Lipinski definition) is 1. The smallest absolute Gasteiger partial charge is 0.00100 e. The van der Waals surface area contributed by atoms with Crippen molar-refractivity contribution in [3.8, 4) is 0 Å². The second-order valence-electron chi connectivity index (χ2n) is 4.24. The lowest BCUT2D eigenvalue weighted by Crippen LogP contribution is -2.12. The highest BCUT2D eigenvalue weighted by Crippen LogP contribution is 2.16. The van der Waals surface area contributed by atoms with Crippen molar-refractivity contribution in [1.82, 2.24) is 4.90 Å². The Morgan fingerprint density at radius 2 is 1.71 bits per heavy atom. The van der Waals surface area contributed by atoms with Crippen LogP contribution < -0.4 is 0 Å². The molecule has 0 radical (unpaired) electrons. The minimum atomic E-state index is 1.13. The molecule has 0 saturated heterocycles. The Morgan fingerprint density at radius 3 is 2.14 bits per heavy atom. The van der Waals surface area contributed by atoms with Crippen LogP contribution in [-0.2, 0) is 0 Å². The molecule has 0 saturated carbocycles. The first-order valence-electron chi connectivity index (χ1n) is 5.47. The van der Waals surface area contributed by atoms with Crippen molar-refractivity contribution in [2.75, 3.05) is 20.6 Å². The lowest BCUT2D eigenvalue weighted by atomic mass is 10.0. The maximum Gasteiger partial charge on any atom is 0.00100 e. The van der Waals surface area contributed by atoms with Crippen molar-refractivity contribution in [1.29, 1.82) is 0 Å². The third-order valence-electron chi connectivity index (χ3n) is 2.79. The predicted octanol–water partition coefficient (Wildman–Crippen LogP) is 3.63. The van der Waals surface area contributed by atoms with E-state index in [9.17, 15) is 0 Å². The molecule has 0 N–H and O–H groups in total. The highest BCUT2D eigenvalue weighted by molar-refractivity contribution is 5.31. The molecule has 14 heavy (non-hydrogen) atoms. The third-order valence-corrected chi connectivity index (χ3v) is 2.79. The van der Waals surface area contributed by atoms with Crippen molar-refractivity contribution in [3.05, 3.63) is 22.8 Å². The molecule has 0 aromatic heterocycles. The number of allylic oxidation sites excluding steroid dienone is 3. The molecule has 0 bridgehead atoms. The summed E-state index contributed by atoms with van der Waals surface area (Å²) in [7, 11) is 4.23. The van der Waals surface area contributed by atoms with Crippen LogP contribution in [0.25, 0.3) is 0 Å². The van der Waals surface area contributed by atoms with Gasteiger partial charge in [-0.1, -0.05) is 24.1 Å². The fourth-order valence-electron chi connectivity index (χ4n) is 1.29. The van der Waals surface area contributed by atoms with Gasteiger partial charge in [0.05, 0.1) is 0 Å². The Morgan fingerprint density at radius 1 is 1.14 bits per heavy atom. The van der Waals surface area contributed by atoms with Gasteiger partial charge in [-0.05, 0) is 53.3 Å². The predicted molar refractivity (Wildman–Crippen MR) is 65.6 cm³/mol. The summed E-state index contributed by atoms with van der Waals surface area (Å²) in [4.78, 5) is 2.22. The van der Waals surface area contributed by atoms with E-state index in [1.807, 2.05) is 0 Å². The molecular weight excluding hydrogens is 170 g/mol. The summed E-state index contributed by atoms with van der Waals surface area (Å²) in [5.74, 6) is 0. The van der Waals surface area contributed by atoms with Crippen LogP contribution in [-0.4, -0.2) is 25.5 Å². The monoisotopic (exact) mass is 195 g/mol. The van der Waals surface area contributed by atoms with Gasteiger partial charge in [-0.2, -0.15) is 0 Å². The molecular formula is C13H25N. The maximum absolute atomic E-state index is 2.34. The zero-order chi connectivity index (χ0) is 11.1. The van der Waals surface area contributed by atoms with E-state index in [0.29, 0.717) is 0 Å². The molecule has 1 nitrogen and oxygen atoms in total. The standard InChI is InChI=1S/C13H25N/c1-7-11(2)13(4)12(3)9-8-10-14(5)6/h9H,7-8,10H2,1-6H3/b12-9+,13-11+. The minimum absolute atomic E-state index is 1.13. The summed E-state index contributed by atoms with van der Waals surface area (Å²) in [6.07, 6.45) is 4.65. The average Bonchev–Trinajstić information content (AvgIpc) is 2.14. The molecule has 0 aliphatic heterocycles. The topological polar surface area (TPSA) is 3.24 Å². The normalized spacial score (nSPS) is 14.6. The zero-order valence-corrected chi connectivity index (χ0v) is 10.6. The third kappa shape index (κ3) is 5.23. The van der Waals surface area contributed by atoms with Gasteiger partial charge < -0.3 is 4.90 Å². The Hall–Kier alpha value is -0.560. The first kappa shape index (κ1) is 13.4. The zero-order valence-electron chi connectivity index (χ0n) is 10.6. The first-order chi connectivity index (χ1) is 6.49. The molecule has 1 heteroatoms. The fraction of sp³-hybridized carbons (Fsp3) is 0.692. The Labute approximate surface area is 89.5 Å². The molecule has 0 aromatic rings. The largest absolute Gasteiger partial charge is 0.309 e. The van der Waals surface area contributed by atoms with Crippen LogP contribution in [0.2, 0.25) is 0 Å². The molecule has 0 spiro atoms. The van der Waals surface area contributed by atoms with Gasteiger partial charge in [-0.25, -0.2) is 0 Å². The summed E-state index contributed by atoms with van der Waals surface area (Å²) >= 11 is 0. The second-order valence-corrected chi connectivity index (χ2v) is 4.24. The number of hydrogen-bond donors (Lipinski definition) is 0. The van der Waals surface area contributed by atoms with E-state index in [1.165, 1.54) is 16.7 Å². The van der Waals surface area contributed by atoms with E-state index >= 15 is 0 Å². The molecule has 0 rings (SSSR count). The Balaban J connectivity index is 4.24. The molecule has 0 aromatic carbocycles. The molecule has 0 atom stereocenters. The average molecular weight is 195 g/mol. The van der Waals surface area contributed by atoms with Crippen LogP contribution in [0.15, 0.2) is 22.8 Å². The Kier molecular flexibility index (Phi) is 6.56. The summed E-state index contributed by atoms with van der Waals surface area (Å²) in [5, 5.41) is 0. The molecule has 0 unspecified atom stereocenters. The summed E-state index contributed by atoms with van der Waals surface area (Å²) < 4.78 is 0. The van der Waals surface area contributed by atoms with E-state index in [0.717, 1.165) is 19.4 Å². The van der Waals surface area contributed by atoms with Crippen LogP contribution in [0.1, 0.15) is 40.5 Å². The van der Waals surface area contributed by atoms with Crippen LogP contribution in [0.3, 0.4) is 0 Å². The van der Waals surface area contributed by atoms with Gasteiger partial charge in [-0.3, -0.25) is 0 Å². The van der Waals surface area contributed by atoms with Crippen LogP contribution >= 0.6 is 0 Å². The van der Waals surface area contributed by atoms with Crippen molar-refractivity contribution in [2.45, 2.75) is 40.5 Å². The number of rotatable bonds is 5. The summed E-state index contributed by atoms with van der Waals surface area (Å²) in [6, 6.07) is 0. The lowest BCUT2D eigenvalue weighted by molar-refractivity contribution is 0.417. The van der Waals surface area contributed by atoms with Crippen LogP contribution in [0.4, 0.5) is 0 Å². The second kappa shape index (κ2) is 6.83. The maximum atomic E-state index is 2.34. The summed E-state index contributed by atoms with van der Waals surface area (Å²) in [6.45, 7) is 10.0. The highest BCUT2D eigenvalue weighted by atomic mass is 15.0. The van der Waals surface area contributed by atoms with E-state index in [4.69, 9.17) is 0 Å². The van der Waals surface area contributed by atoms with Gasteiger partial charge in [0.1, 0.15) is 0 Å². The minimum Gasteiger partial charge on any atom is -0.309 e. The van der Waals surface area contributed by atoms with E-state index in [-0.39, 0.29) is 0 Å². The molecule has 0 aliphatic carbocycles. The molecule has 0 fully saturated rings. The SMILES string of the molecule is CC/C(C)=C(C)/C(C)=C/CCN(C)C. The van der Waals surface area contributed by atoms with Gasteiger partial charge in [0.15, 0.2) is 0 Å². The molecule has 0 heterocycles. The van der Waals surface area contributed by atoms with Crippen molar-refractivity contribution >= 4 is 0 Å². The quantitative estimate of drug-likeness (QED) is 0.605. The van der Waals surface area contributed by atoms with Gasteiger partial charge in [0, 0.05) is 6.54 Å². The molecule has 0 amide bonds. The van der Waals surface area contributed by atoms with E-state index in [1.54, 1.807) is 0 Å². The van der Waals surface area contributed by atoms with E-state index in [2.05, 4.69) is 52.8 Å².